The van der Waals surface area contributed by atoms with Crippen molar-refractivity contribution in [1.82, 2.24) is 10.5 Å². The number of aliphatic hydroxyl groups excluding tert-OH is 2. The lowest BCUT2D eigenvalue weighted by Gasteiger charge is -2.25. The molecule has 0 saturated carbocycles. The fourth-order valence-corrected chi connectivity index (χ4v) is 1.91. The van der Waals surface area contributed by atoms with Gasteiger partial charge < -0.3 is 24.8 Å². The van der Waals surface area contributed by atoms with Gasteiger partial charge in [-0.1, -0.05) is 17.3 Å². The Bertz CT molecular complexity index is 751. The minimum atomic E-state index is -1.15. The van der Waals surface area contributed by atoms with Crippen LogP contribution >= 0.6 is 0 Å². The second-order valence-corrected chi connectivity index (χ2v) is 5.88. The molecule has 0 radical (unpaired) electrons. The number of rotatable bonds is 8. The molecule has 0 atom stereocenters. The molecule has 8 heteroatoms. The number of benzene rings is 1. The van der Waals surface area contributed by atoms with Crippen molar-refractivity contribution in [2.75, 3.05) is 13.2 Å². The third-order valence-electron chi connectivity index (χ3n) is 3.53. The number of hydrogen-bond donors (Lipinski definition) is 3. The summed E-state index contributed by atoms with van der Waals surface area (Å²) in [5.41, 5.74) is -0.619. The molecule has 0 spiro atoms. The number of Topliss-reactive ketones (excluding diaryl/α,β-unsaturated/α-hetero) is 1. The number of aliphatic hydroxyl groups is 2. The van der Waals surface area contributed by atoms with E-state index in [0.29, 0.717) is 17.1 Å². The molecule has 1 aromatic carbocycles. The molecule has 0 unspecified atom stereocenters. The van der Waals surface area contributed by atoms with Crippen LogP contribution in [0.15, 0.2) is 34.9 Å². The molecule has 0 aliphatic carbocycles. The molecule has 134 valence electrons. The molecule has 0 aliphatic heterocycles. The molecule has 2 rings (SSSR count). The van der Waals surface area contributed by atoms with Crippen molar-refractivity contribution in [2.24, 2.45) is 0 Å². The van der Waals surface area contributed by atoms with E-state index in [9.17, 15) is 19.8 Å². The summed E-state index contributed by atoms with van der Waals surface area (Å²) < 4.78 is 10.6. The zero-order valence-corrected chi connectivity index (χ0v) is 14.0. The Hall–Kier alpha value is -2.71. The molecular weight excluding hydrogens is 328 g/mol. The fraction of sp³-hybridized carbons (Fsp3) is 0.353. The Morgan fingerprint density at radius 2 is 2.00 bits per heavy atom. The summed E-state index contributed by atoms with van der Waals surface area (Å²) in [7, 11) is 0. The molecule has 0 saturated heterocycles. The van der Waals surface area contributed by atoms with E-state index >= 15 is 0 Å². The topological polar surface area (TPSA) is 122 Å². The van der Waals surface area contributed by atoms with E-state index in [-0.39, 0.29) is 18.1 Å². The number of carbonyl (C=O) groups is 2. The standard InChI is InChI=1S/C17H20N2O6/c1-11(22)12-4-3-5-13(6-12)24-8-14-7-15(19-25-14)16(23)18-17(2,9-20)10-21/h3-7,20-21H,8-10H2,1-2H3,(H,18,23). The average molecular weight is 348 g/mol. The molecule has 0 aliphatic rings. The van der Waals surface area contributed by atoms with Crippen LogP contribution in [0, 0.1) is 0 Å². The maximum absolute atomic E-state index is 12.1. The van der Waals surface area contributed by atoms with E-state index in [2.05, 4.69) is 10.5 Å². The highest BCUT2D eigenvalue weighted by atomic mass is 16.5. The van der Waals surface area contributed by atoms with Gasteiger partial charge in [0.1, 0.15) is 12.4 Å². The van der Waals surface area contributed by atoms with E-state index in [4.69, 9.17) is 9.26 Å². The van der Waals surface area contributed by atoms with E-state index in [1.54, 1.807) is 24.3 Å². The van der Waals surface area contributed by atoms with Crippen molar-refractivity contribution in [1.29, 1.82) is 0 Å². The monoisotopic (exact) mass is 348 g/mol. The number of nitrogens with zero attached hydrogens (tertiary/aromatic N) is 1. The SMILES string of the molecule is CC(=O)c1cccc(OCc2cc(C(=O)NC(C)(CO)CO)no2)c1. The lowest BCUT2D eigenvalue weighted by atomic mass is 10.1. The van der Waals surface area contributed by atoms with Crippen molar-refractivity contribution in [3.8, 4) is 5.75 Å². The Kier molecular flexibility index (Phi) is 5.89. The number of amides is 1. The first-order chi connectivity index (χ1) is 11.9. The predicted molar refractivity (Wildman–Crippen MR) is 87.3 cm³/mol. The van der Waals surface area contributed by atoms with Crippen molar-refractivity contribution < 1.29 is 29.1 Å². The van der Waals surface area contributed by atoms with Gasteiger partial charge in [-0.25, -0.2) is 0 Å². The van der Waals surface area contributed by atoms with Crippen LogP contribution in [0.3, 0.4) is 0 Å². The van der Waals surface area contributed by atoms with Crippen LogP contribution in [-0.2, 0) is 6.61 Å². The summed E-state index contributed by atoms with van der Waals surface area (Å²) in [5.74, 6) is 0.149. The minimum absolute atomic E-state index is 0.00390. The normalized spacial score (nSPS) is 11.2. The summed E-state index contributed by atoms with van der Waals surface area (Å²) >= 11 is 0. The fourth-order valence-electron chi connectivity index (χ4n) is 1.91. The molecule has 0 bridgehead atoms. The number of hydrogen-bond acceptors (Lipinski definition) is 7. The molecule has 2 aromatic rings. The molecular formula is C17H20N2O6. The van der Waals surface area contributed by atoms with Gasteiger partial charge in [0, 0.05) is 11.6 Å². The molecule has 1 aromatic heterocycles. The van der Waals surface area contributed by atoms with Gasteiger partial charge >= 0.3 is 0 Å². The van der Waals surface area contributed by atoms with Crippen molar-refractivity contribution in [2.45, 2.75) is 26.0 Å². The number of carbonyl (C=O) groups excluding carboxylic acids is 2. The quantitative estimate of drug-likeness (QED) is 0.607. The maximum atomic E-state index is 12.1. The van der Waals surface area contributed by atoms with E-state index in [1.807, 2.05) is 0 Å². The van der Waals surface area contributed by atoms with Gasteiger partial charge in [0.2, 0.25) is 0 Å². The van der Waals surface area contributed by atoms with Crippen molar-refractivity contribution in [3.05, 3.63) is 47.3 Å². The Labute approximate surface area is 144 Å². The van der Waals surface area contributed by atoms with E-state index < -0.39 is 24.7 Å². The second-order valence-electron chi connectivity index (χ2n) is 5.88. The number of ketones is 1. The predicted octanol–water partition coefficient (Wildman–Crippen LogP) is 0.929. The summed E-state index contributed by atoms with van der Waals surface area (Å²) in [4.78, 5) is 23.4. The molecule has 1 amide bonds. The van der Waals surface area contributed by atoms with E-state index in [1.165, 1.54) is 19.9 Å². The maximum Gasteiger partial charge on any atom is 0.274 e. The van der Waals surface area contributed by atoms with Crippen LogP contribution in [0.4, 0.5) is 0 Å². The lowest BCUT2D eigenvalue weighted by molar-refractivity contribution is 0.0716. The van der Waals surface area contributed by atoms with Gasteiger partial charge in [0.05, 0.1) is 18.8 Å². The van der Waals surface area contributed by atoms with Crippen LogP contribution in [0.2, 0.25) is 0 Å². The summed E-state index contributed by atoms with van der Waals surface area (Å²) in [6.07, 6.45) is 0. The third-order valence-corrected chi connectivity index (χ3v) is 3.53. The lowest BCUT2D eigenvalue weighted by Crippen LogP contribution is -2.51. The summed E-state index contributed by atoms with van der Waals surface area (Å²) in [5, 5.41) is 24.5. The van der Waals surface area contributed by atoms with Crippen LogP contribution in [0.1, 0.15) is 40.5 Å². The van der Waals surface area contributed by atoms with Crippen molar-refractivity contribution >= 4 is 11.7 Å². The van der Waals surface area contributed by atoms with E-state index in [0.717, 1.165) is 0 Å². The minimum Gasteiger partial charge on any atom is -0.486 e. The summed E-state index contributed by atoms with van der Waals surface area (Å²) in [6.45, 7) is 2.15. The molecule has 0 fully saturated rings. The van der Waals surface area contributed by atoms with Crippen LogP contribution in [0.5, 0.6) is 5.75 Å². The van der Waals surface area contributed by atoms with Gasteiger partial charge in [-0.15, -0.1) is 0 Å². The Balaban J connectivity index is 1.98. The first-order valence-corrected chi connectivity index (χ1v) is 7.60. The van der Waals surface area contributed by atoms with Gasteiger partial charge in [-0.2, -0.15) is 0 Å². The summed E-state index contributed by atoms with van der Waals surface area (Å²) in [6, 6.07) is 8.10. The number of aromatic nitrogens is 1. The van der Waals surface area contributed by atoms with Crippen molar-refractivity contribution in [3.63, 3.8) is 0 Å². The largest absolute Gasteiger partial charge is 0.486 e. The van der Waals surface area contributed by atoms with Gasteiger partial charge in [-0.05, 0) is 26.0 Å². The number of ether oxygens (including phenoxy) is 1. The molecule has 8 nitrogen and oxygen atoms in total. The highest BCUT2D eigenvalue weighted by molar-refractivity contribution is 5.94. The Morgan fingerprint density at radius 3 is 2.64 bits per heavy atom. The van der Waals surface area contributed by atoms with Gasteiger partial charge in [0.15, 0.2) is 17.2 Å². The third kappa shape index (κ3) is 4.88. The Morgan fingerprint density at radius 1 is 1.28 bits per heavy atom. The van der Waals surface area contributed by atoms with Gasteiger partial charge in [0.25, 0.3) is 5.91 Å². The molecule has 3 N–H and O–H groups in total. The average Bonchev–Trinajstić information content (AvgIpc) is 3.09. The first-order valence-electron chi connectivity index (χ1n) is 7.60. The highest BCUT2D eigenvalue weighted by Crippen LogP contribution is 2.16. The second kappa shape index (κ2) is 7.91. The molecule has 25 heavy (non-hydrogen) atoms. The molecule has 1 heterocycles. The van der Waals surface area contributed by atoms with Crippen LogP contribution in [0.25, 0.3) is 0 Å². The van der Waals surface area contributed by atoms with Crippen LogP contribution in [-0.4, -0.2) is 45.8 Å². The smallest absolute Gasteiger partial charge is 0.274 e. The first kappa shape index (κ1) is 18.6. The zero-order valence-electron chi connectivity index (χ0n) is 14.0. The number of nitrogens with one attached hydrogen (secondary N) is 1. The zero-order chi connectivity index (χ0) is 18.4. The van der Waals surface area contributed by atoms with Gasteiger partial charge in [-0.3, -0.25) is 9.59 Å². The highest BCUT2D eigenvalue weighted by Gasteiger charge is 2.26. The van der Waals surface area contributed by atoms with Crippen LogP contribution < -0.4 is 10.1 Å².